The van der Waals surface area contributed by atoms with E-state index in [4.69, 9.17) is 14.6 Å². The number of carbonyl (C=O) groups is 1. The number of benzene rings is 1. The number of carboxylic acids is 1. The molecule has 0 aromatic heterocycles. The highest BCUT2D eigenvalue weighted by Gasteiger charge is 2.30. The molecular formula is C16H23NO4. The van der Waals surface area contributed by atoms with Crippen molar-refractivity contribution in [2.75, 3.05) is 26.2 Å². The summed E-state index contributed by atoms with van der Waals surface area (Å²) in [4.78, 5) is 13.4. The normalized spacial score (nSPS) is 22.0. The maximum atomic E-state index is 11.1. The lowest BCUT2D eigenvalue weighted by Crippen LogP contribution is -2.52. The minimum absolute atomic E-state index is 0.156. The summed E-state index contributed by atoms with van der Waals surface area (Å²) in [6, 6.07) is 6.72. The van der Waals surface area contributed by atoms with E-state index < -0.39 is 5.97 Å². The Kier molecular flexibility index (Phi) is 4.85. The molecule has 5 nitrogen and oxygen atoms in total. The summed E-state index contributed by atoms with van der Waals surface area (Å²) in [7, 11) is 0. The van der Waals surface area contributed by atoms with Crippen LogP contribution < -0.4 is 4.74 Å². The Hall–Kier alpha value is -1.59. The van der Waals surface area contributed by atoms with E-state index in [2.05, 4.69) is 25.7 Å². The van der Waals surface area contributed by atoms with Crippen molar-refractivity contribution < 1.29 is 19.4 Å². The van der Waals surface area contributed by atoms with Crippen LogP contribution >= 0.6 is 0 Å². The molecule has 0 spiro atoms. The van der Waals surface area contributed by atoms with Crippen molar-refractivity contribution in [3.8, 4) is 5.75 Å². The number of carboxylic acid groups (broad SMARTS) is 1. The fraction of sp³-hybridized carbons (Fsp3) is 0.562. The fourth-order valence-electron chi connectivity index (χ4n) is 2.81. The van der Waals surface area contributed by atoms with Crippen molar-refractivity contribution in [2.45, 2.75) is 32.5 Å². The first-order valence-electron chi connectivity index (χ1n) is 7.23. The van der Waals surface area contributed by atoms with Crippen LogP contribution in [0.15, 0.2) is 24.3 Å². The number of para-hydroxylation sites is 1. The minimum Gasteiger partial charge on any atom is -0.491 e. The number of nitrogens with zero attached hydrogens (tertiary/aromatic N) is 1. The summed E-state index contributed by atoms with van der Waals surface area (Å²) < 4.78 is 11.5. The molecule has 1 saturated heterocycles. The van der Waals surface area contributed by atoms with Gasteiger partial charge in [-0.2, -0.15) is 0 Å². The lowest BCUT2D eigenvalue weighted by Gasteiger charge is -2.41. The van der Waals surface area contributed by atoms with Gasteiger partial charge >= 0.3 is 5.97 Å². The molecule has 0 saturated carbocycles. The molecule has 1 atom stereocenters. The fourth-order valence-corrected chi connectivity index (χ4v) is 2.81. The molecule has 1 unspecified atom stereocenters. The standard InChI is InChI=1S/C16H23NO4/c1-12-10-17(11-16(2,3)21-12)8-9-20-14-7-5-4-6-13(14)15(18)19/h4-7,12H,8-11H2,1-3H3,(H,18,19). The van der Waals surface area contributed by atoms with Crippen molar-refractivity contribution >= 4 is 5.97 Å². The van der Waals surface area contributed by atoms with Gasteiger partial charge in [0.25, 0.3) is 0 Å². The molecule has 1 fully saturated rings. The van der Waals surface area contributed by atoms with E-state index in [1.807, 2.05) is 0 Å². The van der Waals surface area contributed by atoms with Gasteiger partial charge in [-0.1, -0.05) is 12.1 Å². The van der Waals surface area contributed by atoms with Crippen molar-refractivity contribution in [2.24, 2.45) is 0 Å². The molecule has 0 radical (unpaired) electrons. The lowest BCUT2D eigenvalue weighted by atomic mass is 10.1. The van der Waals surface area contributed by atoms with Gasteiger partial charge in [0.15, 0.2) is 0 Å². The average Bonchev–Trinajstić information content (AvgIpc) is 2.36. The molecule has 116 valence electrons. The molecule has 1 N–H and O–H groups in total. The van der Waals surface area contributed by atoms with Crippen LogP contribution in [0.3, 0.4) is 0 Å². The van der Waals surface area contributed by atoms with Crippen molar-refractivity contribution in [1.29, 1.82) is 0 Å². The monoisotopic (exact) mass is 293 g/mol. The highest BCUT2D eigenvalue weighted by molar-refractivity contribution is 5.90. The molecule has 1 aliphatic heterocycles. The Balaban J connectivity index is 1.89. The second-order valence-electron chi connectivity index (χ2n) is 6.07. The zero-order chi connectivity index (χ0) is 15.5. The maximum absolute atomic E-state index is 11.1. The molecule has 21 heavy (non-hydrogen) atoms. The van der Waals surface area contributed by atoms with E-state index in [-0.39, 0.29) is 17.3 Å². The Bertz CT molecular complexity index is 501. The van der Waals surface area contributed by atoms with E-state index in [1.165, 1.54) is 0 Å². The molecule has 0 bridgehead atoms. The van der Waals surface area contributed by atoms with Crippen LogP contribution in [0.2, 0.25) is 0 Å². The first-order chi connectivity index (χ1) is 9.87. The van der Waals surface area contributed by atoms with Crippen molar-refractivity contribution in [3.05, 3.63) is 29.8 Å². The number of hydrogen-bond donors (Lipinski definition) is 1. The third kappa shape index (κ3) is 4.44. The number of rotatable bonds is 5. The van der Waals surface area contributed by atoms with Gasteiger partial charge in [-0.05, 0) is 32.9 Å². The number of morpholine rings is 1. The molecule has 0 amide bonds. The second-order valence-corrected chi connectivity index (χ2v) is 6.07. The predicted octanol–water partition coefficient (Wildman–Crippen LogP) is 2.26. The van der Waals surface area contributed by atoms with E-state index in [1.54, 1.807) is 24.3 Å². The Morgan fingerprint density at radius 1 is 1.48 bits per heavy atom. The van der Waals surface area contributed by atoms with Crippen LogP contribution in [-0.2, 0) is 4.74 Å². The molecule has 1 heterocycles. The van der Waals surface area contributed by atoms with Gasteiger partial charge in [0.2, 0.25) is 0 Å². The van der Waals surface area contributed by atoms with E-state index in [9.17, 15) is 4.79 Å². The zero-order valence-corrected chi connectivity index (χ0v) is 12.8. The molecule has 1 aliphatic rings. The van der Waals surface area contributed by atoms with Gasteiger partial charge in [-0.15, -0.1) is 0 Å². The number of hydrogen-bond acceptors (Lipinski definition) is 4. The molecule has 2 rings (SSSR count). The zero-order valence-electron chi connectivity index (χ0n) is 12.8. The largest absolute Gasteiger partial charge is 0.491 e. The highest BCUT2D eigenvalue weighted by Crippen LogP contribution is 2.21. The molecule has 0 aliphatic carbocycles. The third-order valence-electron chi connectivity index (χ3n) is 3.42. The molecule has 5 heteroatoms. The van der Waals surface area contributed by atoms with Crippen LogP contribution in [0.5, 0.6) is 5.75 Å². The van der Waals surface area contributed by atoms with E-state index >= 15 is 0 Å². The summed E-state index contributed by atoms with van der Waals surface area (Å²) >= 11 is 0. The second kappa shape index (κ2) is 6.45. The third-order valence-corrected chi connectivity index (χ3v) is 3.42. The smallest absolute Gasteiger partial charge is 0.339 e. The molecule has 1 aromatic rings. The predicted molar refractivity (Wildman–Crippen MR) is 80.0 cm³/mol. The van der Waals surface area contributed by atoms with E-state index in [0.717, 1.165) is 19.6 Å². The summed E-state index contributed by atoms with van der Waals surface area (Å²) in [5.41, 5.74) is 0.0459. The number of aromatic carboxylic acids is 1. The van der Waals surface area contributed by atoms with Crippen LogP contribution in [0.25, 0.3) is 0 Å². The van der Waals surface area contributed by atoms with Crippen LogP contribution in [0.4, 0.5) is 0 Å². The molecular weight excluding hydrogens is 270 g/mol. The maximum Gasteiger partial charge on any atom is 0.339 e. The summed E-state index contributed by atoms with van der Waals surface area (Å²) in [5.74, 6) is -0.544. The average molecular weight is 293 g/mol. The summed E-state index contributed by atoms with van der Waals surface area (Å²) in [6.07, 6.45) is 0.194. The Morgan fingerprint density at radius 2 is 2.19 bits per heavy atom. The van der Waals surface area contributed by atoms with Gasteiger partial charge in [0.1, 0.15) is 17.9 Å². The first-order valence-corrected chi connectivity index (χ1v) is 7.23. The Morgan fingerprint density at radius 3 is 2.86 bits per heavy atom. The SMILES string of the molecule is CC1CN(CCOc2ccccc2C(=O)O)CC(C)(C)O1. The van der Waals surface area contributed by atoms with Gasteiger partial charge in [0.05, 0.1) is 11.7 Å². The van der Waals surface area contributed by atoms with Gasteiger partial charge < -0.3 is 14.6 Å². The van der Waals surface area contributed by atoms with Crippen LogP contribution in [0.1, 0.15) is 31.1 Å². The minimum atomic E-state index is -0.966. The van der Waals surface area contributed by atoms with Gasteiger partial charge in [0, 0.05) is 19.6 Å². The van der Waals surface area contributed by atoms with Crippen molar-refractivity contribution in [3.63, 3.8) is 0 Å². The first kappa shape index (κ1) is 15.8. The Labute approximate surface area is 125 Å². The highest BCUT2D eigenvalue weighted by atomic mass is 16.5. The topological polar surface area (TPSA) is 59.0 Å². The number of ether oxygens (including phenoxy) is 2. The van der Waals surface area contributed by atoms with Crippen LogP contribution in [-0.4, -0.2) is 53.9 Å². The lowest BCUT2D eigenvalue weighted by molar-refractivity contribution is -0.129. The quantitative estimate of drug-likeness (QED) is 0.902. The van der Waals surface area contributed by atoms with Crippen molar-refractivity contribution in [1.82, 2.24) is 4.90 Å². The summed E-state index contributed by atoms with van der Waals surface area (Å²) in [5, 5.41) is 9.11. The van der Waals surface area contributed by atoms with E-state index in [0.29, 0.717) is 12.4 Å². The van der Waals surface area contributed by atoms with Gasteiger partial charge in [-0.3, -0.25) is 4.90 Å². The molecule has 1 aromatic carbocycles. The summed E-state index contributed by atoms with van der Waals surface area (Å²) in [6.45, 7) is 9.16. The van der Waals surface area contributed by atoms with Gasteiger partial charge in [-0.25, -0.2) is 4.79 Å². The van der Waals surface area contributed by atoms with Crippen LogP contribution in [0, 0.1) is 0 Å².